The Morgan fingerprint density at radius 2 is 2.11 bits per heavy atom. The summed E-state index contributed by atoms with van der Waals surface area (Å²) < 4.78 is 1.44. The molecular formula is C12H19N7. The van der Waals surface area contributed by atoms with Gasteiger partial charge in [0.15, 0.2) is 5.65 Å². The number of nitrogens with zero attached hydrogens (tertiary/aromatic N) is 6. The predicted octanol–water partition coefficient (Wildman–Crippen LogP) is 0.806. The second-order valence-electron chi connectivity index (χ2n) is 5.15. The molecule has 3 heterocycles. The summed E-state index contributed by atoms with van der Waals surface area (Å²) in [7, 11) is 0. The first kappa shape index (κ1) is 12.3. The lowest BCUT2D eigenvalue weighted by atomic mass is 10.1. The first-order valence-corrected chi connectivity index (χ1v) is 6.85. The number of rotatable bonds is 4. The van der Waals surface area contributed by atoms with Gasteiger partial charge < -0.3 is 10.2 Å². The second kappa shape index (κ2) is 5.48. The van der Waals surface area contributed by atoms with Gasteiger partial charge in [-0.1, -0.05) is 6.42 Å². The Morgan fingerprint density at radius 1 is 1.26 bits per heavy atom. The number of aromatic nitrogens is 5. The molecule has 7 heteroatoms. The highest BCUT2D eigenvalue weighted by Crippen LogP contribution is 2.11. The van der Waals surface area contributed by atoms with Crippen molar-refractivity contribution < 1.29 is 0 Å². The molecule has 0 amide bonds. The molecule has 2 aromatic rings. The van der Waals surface area contributed by atoms with Crippen LogP contribution in [0.4, 0.5) is 5.82 Å². The summed E-state index contributed by atoms with van der Waals surface area (Å²) in [5, 5.41) is 18.9. The molecule has 1 fully saturated rings. The fraction of sp³-hybridized carbons (Fsp3) is 0.667. The van der Waals surface area contributed by atoms with Crippen LogP contribution in [0, 0.1) is 0 Å². The summed E-state index contributed by atoms with van der Waals surface area (Å²) in [6.07, 6.45) is 4.01. The highest BCUT2D eigenvalue weighted by Gasteiger charge is 2.13. The van der Waals surface area contributed by atoms with Crippen molar-refractivity contribution >= 4 is 11.5 Å². The number of tetrazole rings is 1. The van der Waals surface area contributed by atoms with Gasteiger partial charge in [-0.2, -0.15) is 0 Å². The van der Waals surface area contributed by atoms with Crippen LogP contribution in [0.3, 0.4) is 0 Å². The van der Waals surface area contributed by atoms with Crippen LogP contribution >= 0.6 is 0 Å². The van der Waals surface area contributed by atoms with Gasteiger partial charge in [0.25, 0.3) is 0 Å². The maximum absolute atomic E-state index is 4.32. The molecule has 0 bridgehead atoms. The maximum atomic E-state index is 4.32. The fourth-order valence-corrected chi connectivity index (χ4v) is 2.55. The summed E-state index contributed by atoms with van der Waals surface area (Å²) >= 11 is 0. The van der Waals surface area contributed by atoms with Gasteiger partial charge in [-0.3, -0.25) is 0 Å². The van der Waals surface area contributed by atoms with E-state index in [0.29, 0.717) is 11.7 Å². The number of hydrogen-bond acceptors (Lipinski definition) is 6. The summed E-state index contributed by atoms with van der Waals surface area (Å²) in [5.41, 5.74) is 0.661. The standard InChI is InChI=1S/C12H19N7/c1-10(9-18-7-3-2-4-8-18)13-11-5-6-12-14-16-17-19(12)15-11/h5-6,10H,2-4,7-9H2,1H3,(H,13,15). The van der Waals surface area contributed by atoms with Crippen molar-refractivity contribution in [2.75, 3.05) is 25.0 Å². The monoisotopic (exact) mass is 261 g/mol. The van der Waals surface area contributed by atoms with Crippen molar-refractivity contribution in [2.45, 2.75) is 32.2 Å². The minimum Gasteiger partial charge on any atom is -0.365 e. The molecule has 1 atom stereocenters. The summed E-state index contributed by atoms with van der Waals surface area (Å²) in [5.74, 6) is 0.810. The molecule has 0 aromatic carbocycles. The number of likely N-dealkylation sites (tertiary alicyclic amines) is 1. The Labute approximate surface area is 112 Å². The predicted molar refractivity (Wildman–Crippen MR) is 72.0 cm³/mol. The van der Waals surface area contributed by atoms with E-state index in [2.05, 4.69) is 37.8 Å². The van der Waals surface area contributed by atoms with Crippen molar-refractivity contribution in [3.63, 3.8) is 0 Å². The smallest absolute Gasteiger partial charge is 0.200 e. The highest BCUT2D eigenvalue weighted by molar-refractivity contribution is 5.42. The average Bonchev–Trinajstić information content (AvgIpc) is 2.87. The molecular weight excluding hydrogens is 242 g/mol. The summed E-state index contributed by atoms with van der Waals surface area (Å²) in [6, 6.07) is 4.14. The molecule has 1 aliphatic rings. The minimum atomic E-state index is 0.361. The van der Waals surface area contributed by atoms with Crippen LogP contribution in [-0.2, 0) is 0 Å². The SMILES string of the molecule is CC(CN1CCCCC1)Nc1ccc2nnnn2n1. The van der Waals surface area contributed by atoms with Gasteiger partial charge in [-0.25, -0.2) is 0 Å². The zero-order valence-electron chi connectivity index (χ0n) is 11.2. The summed E-state index contributed by atoms with van der Waals surface area (Å²) in [4.78, 5) is 2.51. The first-order chi connectivity index (χ1) is 9.31. The lowest BCUT2D eigenvalue weighted by Crippen LogP contribution is -2.38. The minimum absolute atomic E-state index is 0.361. The molecule has 1 unspecified atom stereocenters. The third-order valence-corrected chi connectivity index (χ3v) is 3.44. The number of piperidine rings is 1. The quantitative estimate of drug-likeness (QED) is 0.878. The Kier molecular flexibility index (Phi) is 3.54. The van der Waals surface area contributed by atoms with Gasteiger partial charge in [-0.15, -0.1) is 14.8 Å². The van der Waals surface area contributed by atoms with Crippen LogP contribution in [0.15, 0.2) is 12.1 Å². The van der Waals surface area contributed by atoms with Crippen LogP contribution in [0.25, 0.3) is 5.65 Å². The normalized spacial score (nSPS) is 18.6. The molecule has 0 aliphatic carbocycles. The van der Waals surface area contributed by atoms with Crippen molar-refractivity contribution in [1.82, 2.24) is 30.2 Å². The van der Waals surface area contributed by atoms with E-state index in [0.717, 1.165) is 12.4 Å². The van der Waals surface area contributed by atoms with E-state index in [4.69, 9.17) is 0 Å². The molecule has 2 aromatic heterocycles. The number of hydrogen-bond donors (Lipinski definition) is 1. The zero-order chi connectivity index (χ0) is 13.1. The van der Waals surface area contributed by atoms with E-state index in [9.17, 15) is 0 Å². The zero-order valence-corrected chi connectivity index (χ0v) is 11.2. The Hall–Kier alpha value is -1.76. The third kappa shape index (κ3) is 2.98. The van der Waals surface area contributed by atoms with E-state index in [1.54, 1.807) is 0 Å². The van der Waals surface area contributed by atoms with E-state index in [-0.39, 0.29) is 0 Å². The molecule has 1 aliphatic heterocycles. The molecule has 102 valence electrons. The van der Waals surface area contributed by atoms with E-state index >= 15 is 0 Å². The molecule has 1 saturated heterocycles. The largest absolute Gasteiger partial charge is 0.365 e. The fourth-order valence-electron chi connectivity index (χ4n) is 2.55. The molecule has 0 radical (unpaired) electrons. The summed E-state index contributed by atoms with van der Waals surface area (Å²) in [6.45, 7) is 5.66. The van der Waals surface area contributed by atoms with Crippen LogP contribution in [0.5, 0.6) is 0 Å². The number of nitrogens with one attached hydrogen (secondary N) is 1. The van der Waals surface area contributed by atoms with Crippen LogP contribution in [-0.4, -0.2) is 55.8 Å². The van der Waals surface area contributed by atoms with Crippen molar-refractivity contribution in [3.8, 4) is 0 Å². The lowest BCUT2D eigenvalue weighted by molar-refractivity contribution is 0.223. The topological polar surface area (TPSA) is 71.2 Å². The highest BCUT2D eigenvalue weighted by atomic mass is 15.6. The second-order valence-corrected chi connectivity index (χ2v) is 5.15. The molecule has 0 spiro atoms. The molecule has 1 N–H and O–H groups in total. The number of fused-ring (bicyclic) bond motifs is 1. The molecule has 19 heavy (non-hydrogen) atoms. The van der Waals surface area contributed by atoms with Gasteiger partial charge in [0.05, 0.1) is 0 Å². The molecule has 7 nitrogen and oxygen atoms in total. The molecule has 3 rings (SSSR count). The van der Waals surface area contributed by atoms with Gasteiger partial charge in [0, 0.05) is 12.6 Å². The van der Waals surface area contributed by atoms with Gasteiger partial charge >= 0.3 is 0 Å². The van der Waals surface area contributed by atoms with E-state index in [1.807, 2.05) is 12.1 Å². The first-order valence-electron chi connectivity index (χ1n) is 6.85. The lowest BCUT2D eigenvalue weighted by Gasteiger charge is -2.29. The maximum Gasteiger partial charge on any atom is 0.200 e. The van der Waals surface area contributed by atoms with Gasteiger partial charge in [0.1, 0.15) is 5.82 Å². The van der Waals surface area contributed by atoms with Gasteiger partial charge in [0.2, 0.25) is 0 Å². The van der Waals surface area contributed by atoms with Crippen molar-refractivity contribution in [2.24, 2.45) is 0 Å². The van der Waals surface area contributed by atoms with Crippen LogP contribution in [0.1, 0.15) is 26.2 Å². The number of anilines is 1. The Balaban J connectivity index is 1.59. The van der Waals surface area contributed by atoms with Crippen molar-refractivity contribution in [3.05, 3.63) is 12.1 Å². The Bertz CT molecular complexity index is 532. The van der Waals surface area contributed by atoms with Crippen LogP contribution in [0.2, 0.25) is 0 Å². The van der Waals surface area contributed by atoms with Crippen molar-refractivity contribution in [1.29, 1.82) is 0 Å². The molecule has 0 saturated carbocycles. The van der Waals surface area contributed by atoms with E-state index in [1.165, 1.54) is 37.0 Å². The Morgan fingerprint density at radius 3 is 2.95 bits per heavy atom. The van der Waals surface area contributed by atoms with Gasteiger partial charge in [-0.05, 0) is 55.4 Å². The third-order valence-electron chi connectivity index (χ3n) is 3.44. The van der Waals surface area contributed by atoms with E-state index < -0.39 is 0 Å². The van der Waals surface area contributed by atoms with Crippen LogP contribution < -0.4 is 5.32 Å². The average molecular weight is 261 g/mol.